The number of fused-ring (bicyclic) bond motifs is 2. The topological polar surface area (TPSA) is 68.3 Å². The quantitative estimate of drug-likeness (QED) is 0.618. The molecule has 5 heteroatoms. The third-order valence-corrected chi connectivity index (χ3v) is 6.26. The number of nitrogens with zero attached hydrogens (tertiary/aromatic N) is 1. The van der Waals surface area contributed by atoms with Crippen molar-refractivity contribution in [3.8, 4) is 0 Å². The molecule has 1 atom stereocenters. The monoisotopic (exact) mass is 394 g/mol. The predicted molar refractivity (Wildman–Crippen MR) is 113 cm³/mol. The second-order valence-corrected chi connectivity index (χ2v) is 8.61. The molecule has 1 amide bonds. The lowest BCUT2D eigenvalue weighted by Gasteiger charge is -2.24. The van der Waals surface area contributed by atoms with Gasteiger partial charge in [0.25, 0.3) is 5.91 Å². The summed E-state index contributed by atoms with van der Waals surface area (Å²) in [6.07, 6.45) is 9.59. The smallest absolute Gasteiger partial charge is 0.339 e. The molecule has 1 heterocycles. The Morgan fingerprint density at radius 1 is 1.10 bits per heavy atom. The highest BCUT2D eigenvalue weighted by molar-refractivity contribution is 6.05. The van der Waals surface area contributed by atoms with Crippen molar-refractivity contribution in [2.24, 2.45) is 5.92 Å². The number of para-hydroxylation sites is 1. The molecule has 0 aliphatic heterocycles. The van der Waals surface area contributed by atoms with E-state index in [1.165, 1.54) is 12.8 Å². The van der Waals surface area contributed by atoms with Crippen molar-refractivity contribution in [1.29, 1.82) is 0 Å². The van der Waals surface area contributed by atoms with E-state index in [1.54, 1.807) is 0 Å². The van der Waals surface area contributed by atoms with Gasteiger partial charge in [0.05, 0.1) is 11.1 Å². The standard InChI is InChI=1S/C24H30N2O3/c1-16-12-13-21-19(14-16)23(18-10-6-7-11-20(18)26-21)24(28)29-15-22(27)25-17-8-4-2-3-5-9-17/h6-7,10-11,16-17H,2-5,8-9,12-15H2,1H3,(H,25,27). The Labute approximate surface area is 172 Å². The fraction of sp³-hybridized carbons (Fsp3) is 0.542. The number of esters is 1. The largest absolute Gasteiger partial charge is 0.452 e. The Balaban J connectivity index is 1.50. The van der Waals surface area contributed by atoms with E-state index in [0.717, 1.165) is 67.1 Å². The van der Waals surface area contributed by atoms with Gasteiger partial charge in [-0.05, 0) is 49.7 Å². The average molecular weight is 395 g/mol. The SMILES string of the molecule is CC1CCc2nc3ccccc3c(C(=O)OCC(=O)NC3CCCCCC3)c2C1. The lowest BCUT2D eigenvalue weighted by Crippen LogP contribution is -2.37. The van der Waals surface area contributed by atoms with Crippen LogP contribution >= 0.6 is 0 Å². The average Bonchev–Trinajstić information content (AvgIpc) is 2.99. The zero-order valence-corrected chi connectivity index (χ0v) is 17.2. The van der Waals surface area contributed by atoms with Gasteiger partial charge in [0, 0.05) is 17.1 Å². The molecular weight excluding hydrogens is 364 g/mol. The van der Waals surface area contributed by atoms with Crippen LogP contribution in [0.5, 0.6) is 0 Å². The number of carbonyl (C=O) groups excluding carboxylic acids is 2. The van der Waals surface area contributed by atoms with E-state index in [4.69, 9.17) is 9.72 Å². The molecule has 1 unspecified atom stereocenters. The van der Waals surface area contributed by atoms with E-state index in [9.17, 15) is 9.59 Å². The molecule has 29 heavy (non-hydrogen) atoms. The highest BCUT2D eigenvalue weighted by atomic mass is 16.5. The molecule has 0 saturated heterocycles. The van der Waals surface area contributed by atoms with E-state index in [0.29, 0.717) is 11.5 Å². The molecule has 1 fully saturated rings. The highest BCUT2D eigenvalue weighted by Gasteiger charge is 2.26. The van der Waals surface area contributed by atoms with E-state index in [1.807, 2.05) is 24.3 Å². The summed E-state index contributed by atoms with van der Waals surface area (Å²) in [6, 6.07) is 7.91. The molecule has 1 N–H and O–H groups in total. The van der Waals surface area contributed by atoms with Gasteiger partial charge in [0.1, 0.15) is 0 Å². The van der Waals surface area contributed by atoms with Gasteiger partial charge in [-0.3, -0.25) is 9.78 Å². The molecule has 2 aliphatic rings. The molecule has 5 nitrogen and oxygen atoms in total. The summed E-state index contributed by atoms with van der Waals surface area (Å²) >= 11 is 0. The van der Waals surface area contributed by atoms with Gasteiger partial charge in [0.2, 0.25) is 0 Å². The van der Waals surface area contributed by atoms with Gasteiger partial charge in [-0.15, -0.1) is 0 Å². The van der Waals surface area contributed by atoms with E-state index in [-0.39, 0.29) is 18.6 Å². The molecule has 4 rings (SSSR count). The third kappa shape index (κ3) is 4.60. The van der Waals surface area contributed by atoms with E-state index in [2.05, 4.69) is 12.2 Å². The summed E-state index contributed by atoms with van der Waals surface area (Å²) in [4.78, 5) is 30.2. The molecule has 154 valence electrons. The highest BCUT2D eigenvalue weighted by Crippen LogP contribution is 2.32. The first-order valence-corrected chi connectivity index (χ1v) is 11.0. The van der Waals surface area contributed by atoms with Gasteiger partial charge in [0.15, 0.2) is 6.61 Å². The van der Waals surface area contributed by atoms with Crippen molar-refractivity contribution in [1.82, 2.24) is 10.3 Å². The zero-order chi connectivity index (χ0) is 20.2. The number of pyridine rings is 1. The van der Waals surface area contributed by atoms with Crippen LogP contribution in [-0.4, -0.2) is 29.5 Å². The van der Waals surface area contributed by atoms with Crippen molar-refractivity contribution in [2.45, 2.75) is 70.8 Å². The van der Waals surface area contributed by atoms with Crippen molar-refractivity contribution < 1.29 is 14.3 Å². The maximum absolute atomic E-state index is 13.1. The Kier molecular flexibility index (Phi) is 6.12. The first-order valence-electron chi connectivity index (χ1n) is 11.0. The summed E-state index contributed by atoms with van der Waals surface area (Å²) in [7, 11) is 0. The number of rotatable bonds is 4. The Bertz CT molecular complexity index is 900. The molecule has 0 bridgehead atoms. The van der Waals surface area contributed by atoms with Gasteiger partial charge in [-0.25, -0.2) is 4.79 Å². The number of aromatic nitrogens is 1. The van der Waals surface area contributed by atoms with Gasteiger partial charge in [-0.1, -0.05) is 50.8 Å². The van der Waals surface area contributed by atoms with Crippen LogP contribution in [0.25, 0.3) is 10.9 Å². The zero-order valence-electron chi connectivity index (χ0n) is 17.2. The van der Waals surface area contributed by atoms with Crippen LogP contribution in [0, 0.1) is 5.92 Å². The van der Waals surface area contributed by atoms with Gasteiger partial charge < -0.3 is 10.1 Å². The van der Waals surface area contributed by atoms with Crippen molar-refractivity contribution >= 4 is 22.8 Å². The Hall–Kier alpha value is -2.43. The van der Waals surface area contributed by atoms with Crippen LogP contribution in [0.4, 0.5) is 0 Å². The summed E-state index contributed by atoms with van der Waals surface area (Å²) < 4.78 is 5.49. The van der Waals surface area contributed by atoms with E-state index >= 15 is 0 Å². The second-order valence-electron chi connectivity index (χ2n) is 8.61. The maximum atomic E-state index is 13.1. The predicted octanol–water partition coefficient (Wildman–Crippen LogP) is 4.36. The molecular formula is C24H30N2O3. The van der Waals surface area contributed by atoms with Crippen LogP contribution in [0.3, 0.4) is 0 Å². The van der Waals surface area contributed by atoms with Crippen molar-refractivity contribution in [2.75, 3.05) is 6.61 Å². The summed E-state index contributed by atoms with van der Waals surface area (Å²) in [5.41, 5.74) is 3.41. The van der Waals surface area contributed by atoms with Crippen LogP contribution in [0.1, 0.15) is 73.5 Å². The number of hydrogen-bond donors (Lipinski definition) is 1. The minimum atomic E-state index is -0.412. The minimum absolute atomic E-state index is 0.203. The first-order chi connectivity index (χ1) is 14.1. The van der Waals surface area contributed by atoms with Gasteiger partial charge >= 0.3 is 5.97 Å². The van der Waals surface area contributed by atoms with E-state index < -0.39 is 5.97 Å². The number of hydrogen-bond acceptors (Lipinski definition) is 4. The maximum Gasteiger partial charge on any atom is 0.339 e. The summed E-state index contributed by atoms with van der Waals surface area (Å²) in [6.45, 7) is 1.98. The van der Waals surface area contributed by atoms with Crippen LogP contribution < -0.4 is 5.32 Å². The number of aryl methyl sites for hydroxylation is 1. The number of carbonyl (C=O) groups is 2. The molecule has 0 radical (unpaired) electrons. The molecule has 1 aromatic carbocycles. The lowest BCUT2D eigenvalue weighted by atomic mass is 9.84. The molecule has 1 saturated carbocycles. The number of nitrogens with one attached hydrogen (secondary N) is 1. The Morgan fingerprint density at radius 3 is 2.66 bits per heavy atom. The van der Waals surface area contributed by atoms with Crippen molar-refractivity contribution in [3.63, 3.8) is 0 Å². The second kappa shape index (κ2) is 8.93. The Morgan fingerprint density at radius 2 is 1.86 bits per heavy atom. The van der Waals surface area contributed by atoms with Crippen molar-refractivity contribution in [3.05, 3.63) is 41.1 Å². The molecule has 2 aliphatic carbocycles. The summed E-state index contributed by atoms with van der Waals surface area (Å²) in [5.74, 6) is -0.105. The van der Waals surface area contributed by atoms with Crippen LogP contribution in [0.15, 0.2) is 24.3 Å². The third-order valence-electron chi connectivity index (χ3n) is 6.26. The summed E-state index contributed by atoms with van der Waals surface area (Å²) in [5, 5.41) is 3.86. The minimum Gasteiger partial charge on any atom is -0.452 e. The number of amides is 1. The van der Waals surface area contributed by atoms with Crippen LogP contribution in [-0.2, 0) is 22.4 Å². The van der Waals surface area contributed by atoms with Crippen LogP contribution in [0.2, 0.25) is 0 Å². The fourth-order valence-electron chi connectivity index (χ4n) is 4.69. The van der Waals surface area contributed by atoms with Gasteiger partial charge in [-0.2, -0.15) is 0 Å². The molecule has 1 aromatic heterocycles. The number of benzene rings is 1. The molecule has 0 spiro atoms. The molecule has 2 aromatic rings. The number of ether oxygens (including phenoxy) is 1. The fourth-order valence-corrected chi connectivity index (χ4v) is 4.69. The lowest BCUT2D eigenvalue weighted by molar-refractivity contribution is -0.125. The normalized spacial score (nSPS) is 20.0. The first kappa shape index (κ1) is 19.9.